The molecule has 0 aromatic heterocycles. The summed E-state index contributed by atoms with van der Waals surface area (Å²) in [6.07, 6.45) is -1.29. The summed E-state index contributed by atoms with van der Waals surface area (Å²) in [6.45, 7) is 6.12. The van der Waals surface area contributed by atoms with Crippen molar-refractivity contribution < 1.29 is 19.7 Å². The van der Waals surface area contributed by atoms with Crippen LogP contribution in [-0.4, -0.2) is 23.3 Å². The van der Waals surface area contributed by atoms with E-state index in [0.29, 0.717) is 5.56 Å². The van der Waals surface area contributed by atoms with E-state index in [0.717, 1.165) is 11.3 Å². The number of rotatable bonds is 4. The summed E-state index contributed by atoms with van der Waals surface area (Å²) < 4.78 is 5.29. The molecule has 1 unspecified atom stereocenters. The predicted octanol–water partition coefficient (Wildman–Crippen LogP) is 2.50. The van der Waals surface area contributed by atoms with Gasteiger partial charge in [0.25, 0.3) is 0 Å². The molecule has 1 atom stereocenters. The smallest absolute Gasteiger partial charge is 0.306 e. The van der Waals surface area contributed by atoms with Crippen molar-refractivity contribution in [1.82, 2.24) is 0 Å². The summed E-state index contributed by atoms with van der Waals surface area (Å²) in [7, 11) is 1.60. The Morgan fingerprint density at radius 2 is 2.00 bits per heavy atom. The van der Waals surface area contributed by atoms with Crippen LogP contribution >= 0.6 is 0 Å². The van der Waals surface area contributed by atoms with Crippen LogP contribution in [0.25, 0.3) is 0 Å². The first-order chi connectivity index (χ1) is 8.25. The highest BCUT2D eigenvalue weighted by molar-refractivity contribution is 5.67. The average molecular weight is 252 g/mol. The molecule has 0 bridgehead atoms. The van der Waals surface area contributed by atoms with Crippen molar-refractivity contribution in [2.45, 2.75) is 38.7 Å². The van der Waals surface area contributed by atoms with Gasteiger partial charge in [-0.2, -0.15) is 0 Å². The second-order valence-electron chi connectivity index (χ2n) is 5.32. The number of carboxylic acid groups (broad SMARTS) is 1. The minimum atomic E-state index is -1.02. The standard InChI is InChI=1S/C14H20O4/c1-14(2,3)10-7-9(5-6-12(10)18-4)11(15)8-13(16)17/h5-7,11,15H,8H2,1-4H3,(H,16,17). The topological polar surface area (TPSA) is 66.8 Å². The number of methoxy groups -OCH3 is 1. The van der Waals surface area contributed by atoms with Gasteiger partial charge in [-0.1, -0.05) is 26.8 Å². The molecule has 0 radical (unpaired) electrons. The van der Waals surface area contributed by atoms with Gasteiger partial charge in [0.1, 0.15) is 5.75 Å². The number of carbonyl (C=O) groups is 1. The fourth-order valence-corrected chi connectivity index (χ4v) is 1.80. The SMILES string of the molecule is COc1ccc(C(O)CC(=O)O)cc1C(C)(C)C. The average Bonchev–Trinajstić information content (AvgIpc) is 2.26. The van der Waals surface area contributed by atoms with Gasteiger partial charge in [-0.25, -0.2) is 0 Å². The molecule has 1 aromatic carbocycles. The van der Waals surface area contributed by atoms with Crippen LogP contribution in [-0.2, 0) is 10.2 Å². The molecule has 100 valence electrons. The number of aliphatic carboxylic acids is 1. The molecule has 2 N–H and O–H groups in total. The summed E-state index contributed by atoms with van der Waals surface area (Å²) >= 11 is 0. The van der Waals surface area contributed by atoms with Crippen LogP contribution in [0.5, 0.6) is 5.75 Å². The molecule has 0 aliphatic carbocycles. The fourth-order valence-electron chi connectivity index (χ4n) is 1.80. The maximum absolute atomic E-state index is 10.6. The van der Waals surface area contributed by atoms with E-state index in [9.17, 15) is 9.90 Å². The Balaban J connectivity index is 3.14. The normalized spacial score (nSPS) is 13.2. The number of ether oxygens (including phenoxy) is 1. The molecule has 0 saturated heterocycles. The molecule has 1 rings (SSSR count). The van der Waals surface area contributed by atoms with Crippen LogP contribution < -0.4 is 4.74 Å². The third-order valence-corrected chi connectivity index (χ3v) is 2.78. The van der Waals surface area contributed by atoms with E-state index in [-0.39, 0.29) is 11.8 Å². The maximum Gasteiger partial charge on any atom is 0.306 e. The quantitative estimate of drug-likeness (QED) is 0.864. The Kier molecular flexibility index (Phi) is 4.35. The van der Waals surface area contributed by atoms with Crippen LogP contribution in [0.3, 0.4) is 0 Å². The summed E-state index contributed by atoms with van der Waals surface area (Å²) in [6, 6.07) is 5.27. The van der Waals surface area contributed by atoms with E-state index in [2.05, 4.69) is 0 Å². The van der Waals surface area contributed by atoms with Gasteiger partial charge in [0.2, 0.25) is 0 Å². The molecule has 1 aromatic rings. The lowest BCUT2D eigenvalue weighted by Crippen LogP contribution is -2.14. The molecule has 0 heterocycles. The molecule has 0 aliphatic rings. The van der Waals surface area contributed by atoms with Gasteiger partial charge in [0.05, 0.1) is 19.6 Å². The molecule has 18 heavy (non-hydrogen) atoms. The van der Waals surface area contributed by atoms with Crippen LogP contribution in [0.2, 0.25) is 0 Å². The van der Waals surface area contributed by atoms with Crippen molar-refractivity contribution in [2.24, 2.45) is 0 Å². The van der Waals surface area contributed by atoms with E-state index in [1.807, 2.05) is 26.8 Å². The Morgan fingerprint density at radius 1 is 1.39 bits per heavy atom. The fraction of sp³-hybridized carbons (Fsp3) is 0.500. The Labute approximate surface area is 107 Å². The lowest BCUT2D eigenvalue weighted by Gasteiger charge is -2.23. The highest BCUT2D eigenvalue weighted by Gasteiger charge is 2.21. The number of hydrogen-bond donors (Lipinski definition) is 2. The van der Waals surface area contributed by atoms with Gasteiger partial charge >= 0.3 is 5.97 Å². The first-order valence-electron chi connectivity index (χ1n) is 5.84. The number of benzene rings is 1. The Morgan fingerprint density at radius 3 is 2.44 bits per heavy atom. The van der Waals surface area contributed by atoms with Crippen molar-refractivity contribution in [1.29, 1.82) is 0 Å². The third kappa shape index (κ3) is 3.47. The van der Waals surface area contributed by atoms with E-state index in [1.54, 1.807) is 19.2 Å². The summed E-state index contributed by atoms with van der Waals surface area (Å²) in [5.41, 5.74) is 1.42. The molecular weight excluding hydrogens is 232 g/mol. The monoisotopic (exact) mass is 252 g/mol. The van der Waals surface area contributed by atoms with E-state index < -0.39 is 12.1 Å². The first-order valence-corrected chi connectivity index (χ1v) is 5.84. The van der Waals surface area contributed by atoms with Crippen molar-refractivity contribution in [3.05, 3.63) is 29.3 Å². The lowest BCUT2D eigenvalue weighted by molar-refractivity contribution is -0.139. The predicted molar refractivity (Wildman–Crippen MR) is 68.9 cm³/mol. The molecule has 4 nitrogen and oxygen atoms in total. The number of aliphatic hydroxyl groups is 1. The van der Waals surface area contributed by atoms with E-state index in [4.69, 9.17) is 9.84 Å². The van der Waals surface area contributed by atoms with Gasteiger partial charge in [-0.3, -0.25) is 4.79 Å². The summed E-state index contributed by atoms with van der Waals surface area (Å²) in [4.78, 5) is 10.6. The van der Waals surface area contributed by atoms with E-state index >= 15 is 0 Å². The minimum absolute atomic E-state index is 0.135. The van der Waals surface area contributed by atoms with Gasteiger partial charge in [0, 0.05) is 0 Å². The Hall–Kier alpha value is -1.55. The van der Waals surface area contributed by atoms with Crippen molar-refractivity contribution >= 4 is 5.97 Å². The largest absolute Gasteiger partial charge is 0.496 e. The van der Waals surface area contributed by atoms with Gasteiger partial charge in [-0.15, -0.1) is 0 Å². The molecule has 4 heteroatoms. The molecule has 0 saturated carbocycles. The Bertz CT molecular complexity index is 432. The third-order valence-electron chi connectivity index (χ3n) is 2.78. The highest BCUT2D eigenvalue weighted by atomic mass is 16.5. The number of hydrogen-bond acceptors (Lipinski definition) is 3. The molecule has 0 spiro atoms. The van der Waals surface area contributed by atoms with E-state index in [1.165, 1.54) is 0 Å². The lowest BCUT2D eigenvalue weighted by atomic mass is 9.84. The summed E-state index contributed by atoms with van der Waals surface area (Å²) in [5, 5.41) is 18.5. The minimum Gasteiger partial charge on any atom is -0.496 e. The molecule has 0 fully saturated rings. The molecule has 0 amide bonds. The van der Waals surface area contributed by atoms with Crippen LogP contribution in [0.1, 0.15) is 44.4 Å². The zero-order valence-corrected chi connectivity index (χ0v) is 11.2. The number of aliphatic hydroxyl groups excluding tert-OH is 1. The van der Waals surface area contributed by atoms with Gasteiger partial charge < -0.3 is 14.9 Å². The van der Waals surface area contributed by atoms with Crippen LogP contribution in [0.4, 0.5) is 0 Å². The van der Waals surface area contributed by atoms with Crippen molar-refractivity contribution in [3.63, 3.8) is 0 Å². The van der Waals surface area contributed by atoms with Crippen molar-refractivity contribution in [3.8, 4) is 5.75 Å². The summed E-state index contributed by atoms with van der Waals surface area (Å²) in [5.74, 6) is -0.274. The van der Waals surface area contributed by atoms with Crippen molar-refractivity contribution in [2.75, 3.05) is 7.11 Å². The highest BCUT2D eigenvalue weighted by Crippen LogP contribution is 2.33. The zero-order chi connectivity index (χ0) is 13.9. The van der Waals surface area contributed by atoms with Crippen LogP contribution in [0.15, 0.2) is 18.2 Å². The first kappa shape index (κ1) is 14.5. The van der Waals surface area contributed by atoms with Gasteiger partial charge in [-0.05, 0) is 28.7 Å². The second-order valence-corrected chi connectivity index (χ2v) is 5.32. The van der Waals surface area contributed by atoms with Crippen LogP contribution in [0, 0.1) is 0 Å². The van der Waals surface area contributed by atoms with Gasteiger partial charge in [0.15, 0.2) is 0 Å². The molecule has 0 aliphatic heterocycles. The number of carboxylic acids is 1. The maximum atomic E-state index is 10.6. The second kappa shape index (κ2) is 5.40. The zero-order valence-electron chi connectivity index (χ0n) is 11.2. The molecular formula is C14H20O4.